The Morgan fingerprint density at radius 3 is 2.59 bits per heavy atom. The van der Waals surface area contributed by atoms with E-state index in [9.17, 15) is 17.6 Å². The Balaban J connectivity index is 1.50. The molecule has 0 saturated heterocycles. The molecule has 1 saturated carbocycles. The van der Waals surface area contributed by atoms with E-state index in [4.69, 9.17) is 9.15 Å². The molecule has 27 heavy (non-hydrogen) atoms. The van der Waals surface area contributed by atoms with Crippen LogP contribution < -0.4 is 4.74 Å². The van der Waals surface area contributed by atoms with E-state index < -0.39 is 17.6 Å². The molecule has 1 aromatic heterocycles. The van der Waals surface area contributed by atoms with Gasteiger partial charge in [0.2, 0.25) is 5.89 Å². The lowest BCUT2D eigenvalue weighted by Crippen LogP contribution is -2.05. The van der Waals surface area contributed by atoms with Crippen LogP contribution >= 0.6 is 0 Å². The number of hydrogen-bond acceptors (Lipinski definition) is 4. The van der Waals surface area contributed by atoms with Crippen LogP contribution in [0.4, 0.5) is 17.6 Å². The molecule has 0 aliphatic heterocycles. The van der Waals surface area contributed by atoms with Crippen molar-refractivity contribution < 1.29 is 26.7 Å². The molecule has 4 rings (SSSR count). The Bertz CT molecular complexity index is 964. The molecule has 0 unspecified atom stereocenters. The van der Waals surface area contributed by atoms with Crippen molar-refractivity contribution in [2.75, 3.05) is 0 Å². The van der Waals surface area contributed by atoms with Gasteiger partial charge in [-0.05, 0) is 42.7 Å². The molecule has 1 aliphatic carbocycles. The molecule has 1 heterocycles. The van der Waals surface area contributed by atoms with Crippen LogP contribution in [0.5, 0.6) is 5.75 Å². The topological polar surface area (TPSA) is 48.2 Å². The number of aromatic nitrogens is 2. The van der Waals surface area contributed by atoms with Gasteiger partial charge in [0.15, 0.2) is 6.61 Å². The molecule has 0 bridgehead atoms. The molecule has 4 nitrogen and oxygen atoms in total. The van der Waals surface area contributed by atoms with Gasteiger partial charge in [0, 0.05) is 11.5 Å². The van der Waals surface area contributed by atoms with Crippen LogP contribution in [-0.4, -0.2) is 10.2 Å². The van der Waals surface area contributed by atoms with Gasteiger partial charge in [-0.15, -0.1) is 10.2 Å². The van der Waals surface area contributed by atoms with Crippen LogP contribution in [0.1, 0.15) is 36.1 Å². The Morgan fingerprint density at radius 2 is 1.89 bits per heavy atom. The van der Waals surface area contributed by atoms with Crippen LogP contribution in [0.2, 0.25) is 0 Å². The van der Waals surface area contributed by atoms with Crippen molar-refractivity contribution in [1.29, 1.82) is 0 Å². The highest BCUT2D eigenvalue weighted by atomic mass is 19.4. The number of alkyl halides is 3. The molecule has 0 amide bonds. The number of benzene rings is 2. The highest BCUT2D eigenvalue weighted by Crippen LogP contribution is 2.39. The highest BCUT2D eigenvalue weighted by molar-refractivity contribution is 5.66. The molecule has 0 radical (unpaired) electrons. The van der Waals surface area contributed by atoms with Crippen LogP contribution in [0.3, 0.4) is 0 Å². The molecule has 0 N–H and O–H groups in total. The largest absolute Gasteiger partial charge is 0.484 e. The van der Waals surface area contributed by atoms with Crippen LogP contribution in [0.15, 0.2) is 46.9 Å². The fraction of sp³-hybridized carbons (Fsp3) is 0.263. The third kappa shape index (κ3) is 3.94. The SMILES string of the molecule is Fc1cc(C(F)(F)F)ccc1-c1cccc(OCc2nnc(C3CC3)o2)c1. The summed E-state index contributed by atoms with van der Waals surface area (Å²) < 4.78 is 63.3. The van der Waals surface area contributed by atoms with E-state index in [1.807, 2.05) is 0 Å². The van der Waals surface area contributed by atoms with Crippen molar-refractivity contribution in [2.24, 2.45) is 0 Å². The number of hydrogen-bond donors (Lipinski definition) is 0. The summed E-state index contributed by atoms with van der Waals surface area (Å²) in [6, 6.07) is 8.87. The lowest BCUT2D eigenvalue weighted by molar-refractivity contribution is -0.137. The van der Waals surface area contributed by atoms with Gasteiger partial charge >= 0.3 is 6.18 Å². The summed E-state index contributed by atoms with van der Waals surface area (Å²) in [7, 11) is 0. The van der Waals surface area contributed by atoms with Gasteiger partial charge < -0.3 is 9.15 Å². The second-order valence-electron chi connectivity index (χ2n) is 6.32. The first-order chi connectivity index (χ1) is 12.9. The molecular formula is C19H14F4N2O2. The standard InChI is InChI=1S/C19H14F4N2O2/c20-16-9-13(19(21,22)23)6-7-15(16)12-2-1-3-14(8-12)26-10-17-24-25-18(27-17)11-4-5-11/h1-3,6-9,11H,4-5,10H2. The van der Waals surface area contributed by atoms with Crippen molar-refractivity contribution >= 4 is 0 Å². The maximum Gasteiger partial charge on any atom is 0.416 e. The number of ether oxygens (including phenoxy) is 1. The van der Waals surface area contributed by atoms with Crippen LogP contribution in [0, 0.1) is 5.82 Å². The molecule has 8 heteroatoms. The molecule has 1 fully saturated rings. The van der Waals surface area contributed by atoms with E-state index in [0.29, 0.717) is 35.1 Å². The van der Waals surface area contributed by atoms with E-state index in [1.165, 1.54) is 0 Å². The van der Waals surface area contributed by atoms with Crippen LogP contribution in [-0.2, 0) is 12.8 Å². The van der Waals surface area contributed by atoms with E-state index in [2.05, 4.69) is 10.2 Å². The molecule has 0 spiro atoms. The predicted octanol–water partition coefficient (Wildman–Crippen LogP) is 5.35. The number of nitrogens with zero attached hydrogens (tertiary/aromatic N) is 2. The normalized spacial score (nSPS) is 14.4. The second-order valence-corrected chi connectivity index (χ2v) is 6.32. The van der Waals surface area contributed by atoms with Gasteiger partial charge in [0.25, 0.3) is 5.89 Å². The summed E-state index contributed by atoms with van der Waals surface area (Å²) in [6.07, 6.45) is -2.50. The van der Waals surface area contributed by atoms with Crippen molar-refractivity contribution in [2.45, 2.75) is 31.5 Å². The Labute approximate surface area is 151 Å². The lowest BCUT2D eigenvalue weighted by atomic mass is 10.0. The summed E-state index contributed by atoms with van der Waals surface area (Å²) in [5, 5.41) is 7.87. The smallest absolute Gasteiger partial charge is 0.416 e. The minimum absolute atomic E-state index is 0.0542. The summed E-state index contributed by atoms with van der Waals surface area (Å²) in [6.45, 7) is 0.0542. The number of rotatable bonds is 5. The zero-order chi connectivity index (χ0) is 19.0. The third-order valence-electron chi connectivity index (χ3n) is 4.21. The Kier molecular flexibility index (Phi) is 4.33. The molecule has 0 atom stereocenters. The van der Waals surface area contributed by atoms with Gasteiger partial charge in [-0.25, -0.2) is 4.39 Å². The summed E-state index contributed by atoms with van der Waals surface area (Å²) in [4.78, 5) is 0. The highest BCUT2D eigenvalue weighted by Gasteiger charge is 2.31. The van der Waals surface area contributed by atoms with E-state index in [1.54, 1.807) is 24.3 Å². The summed E-state index contributed by atoms with van der Waals surface area (Å²) in [5.74, 6) is 0.750. The first-order valence-corrected chi connectivity index (χ1v) is 8.32. The first-order valence-electron chi connectivity index (χ1n) is 8.32. The molecule has 3 aromatic rings. The van der Waals surface area contributed by atoms with Gasteiger partial charge in [0.1, 0.15) is 11.6 Å². The number of halogens is 4. The minimum Gasteiger partial charge on any atom is -0.484 e. The van der Waals surface area contributed by atoms with Crippen molar-refractivity contribution in [3.63, 3.8) is 0 Å². The fourth-order valence-corrected chi connectivity index (χ4v) is 2.64. The van der Waals surface area contributed by atoms with E-state index >= 15 is 0 Å². The van der Waals surface area contributed by atoms with Crippen molar-refractivity contribution in [3.05, 3.63) is 65.6 Å². The summed E-state index contributed by atoms with van der Waals surface area (Å²) >= 11 is 0. The van der Waals surface area contributed by atoms with Crippen molar-refractivity contribution in [3.8, 4) is 16.9 Å². The second kappa shape index (κ2) is 6.68. The molecular weight excluding hydrogens is 364 g/mol. The monoisotopic (exact) mass is 378 g/mol. The molecule has 1 aliphatic rings. The lowest BCUT2D eigenvalue weighted by Gasteiger charge is -2.10. The van der Waals surface area contributed by atoms with E-state index in [0.717, 1.165) is 25.0 Å². The molecule has 140 valence electrons. The summed E-state index contributed by atoms with van der Waals surface area (Å²) in [5.41, 5.74) is -0.566. The Morgan fingerprint density at radius 1 is 1.07 bits per heavy atom. The predicted molar refractivity (Wildman–Crippen MR) is 87.4 cm³/mol. The quantitative estimate of drug-likeness (QED) is 0.562. The zero-order valence-electron chi connectivity index (χ0n) is 14.0. The van der Waals surface area contributed by atoms with Gasteiger partial charge in [0.05, 0.1) is 5.56 Å². The van der Waals surface area contributed by atoms with E-state index in [-0.39, 0.29) is 12.2 Å². The van der Waals surface area contributed by atoms with Gasteiger partial charge in [-0.1, -0.05) is 18.2 Å². The van der Waals surface area contributed by atoms with Crippen molar-refractivity contribution in [1.82, 2.24) is 10.2 Å². The molecule has 2 aromatic carbocycles. The Hall–Kier alpha value is -2.90. The third-order valence-corrected chi connectivity index (χ3v) is 4.21. The van der Waals surface area contributed by atoms with Gasteiger partial charge in [-0.3, -0.25) is 0 Å². The average molecular weight is 378 g/mol. The first kappa shape index (κ1) is 17.5. The van der Waals surface area contributed by atoms with Gasteiger partial charge in [-0.2, -0.15) is 13.2 Å². The fourth-order valence-electron chi connectivity index (χ4n) is 2.64. The maximum absolute atomic E-state index is 14.2. The zero-order valence-corrected chi connectivity index (χ0v) is 14.0. The minimum atomic E-state index is -4.59. The average Bonchev–Trinajstić information content (AvgIpc) is 3.38. The maximum atomic E-state index is 14.2. The van der Waals surface area contributed by atoms with Crippen LogP contribution in [0.25, 0.3) is 11.1 Å².